The summed E-state index contributed by atoms with van der Waals surface area (Å²) in [6.45, 7) is 7.82. The first-order chi connectivity index (χ1) is 9.65. The maximum Gasteiger partial charge on any atom is 0.0432 e. The number of nitrogens with zero attached hydrogens (tertiary/aromatic N) is 1. The van der Waals surface area contributed by atoms with Gasteiger partial charge in [-0.15, -0.1) is 0 Å². The van der Waals surface area contributed by atoms with Crippen molar-refractivity contribution in [1.29, 1.82) is 0 Å². The molecule has 104 valence electrons. The summed E-state index contributed by atoms with van der Waals surface area (Å²) < 4.78 is 0. The van der Waals surface area contributed by atoms with Gasteiger partial charge in [-0.1, -0.05) is 56.3 Å². The van der Waals surface area contributed by atoms with Crippen molar-refractivity contribution in [2.45, 2.75) is 45.7 Å². The minimum atomic E-state index is 0.595. The van der Waals surface area contributed by atoms with Gasteiger partial charge in [-0.05, 0) is 42.0 Å². The lowest BCUT2D eigenvalue weighted by Crippen LogP contribution is -2.28. The monoisotopic (exact) mass is 265 g/mol. The van der Waals surface area contributed by atoms with E-state index in [1.54, 1.807) is 0 Å². The first-order valence-electron chi connectivity index (χ1n) is 7.58. The van der Waals surface area contributed by atoms with Gasteiger partial charge in [0.05, 0.1) is 0 Å². The van der Waals surface area contributed by atoms with Crippen LogP contribution in [-0.4, -0.2) is 6.04 Å². The zero-order valence-electron chi connectivity index (χ0n) is 12.6. The predicted molar refractivity (Wildman–Crippen MR) is 86.3 cm³/mol. The second-order valence-electron chi connectivity index (χ2n) is 6.21. The van der Waals surface area contributed by atoms with Crippen molar-refractivity contribution in [2.24, 2.45) is 0 Å². The second kappa shape index (κ2) is 5.32. The van der Waals surface area contributed by atoms with E-state index in [1.807, 2.05) is 0 Å². The molecule has 1 nitrogen and oxygen atoms in total. The maximum atomic E-state index is 2.53. The summed E-state index contributed by atoms with van der Waals surface area (Å²) in [6, 6.07) is 18.5. The van der Waals surface area contributed by atoms with E-state index in [0.717, 1.165) is 6.54 Å². The van der Waals surface area contributed by atoms with Crippen LogP contribution in [0.25, 0.3) is 0 Å². The molecule has 0 bridgehead atoms. The Bertz CT molecular complexity index is 583. The van der Waals surface area contributed by atoms with E-state index in [1.165, 1.54) is 28.8 Å². The Balaban J connectivity index is 1.81. The third kappa shape index (κ3) is 2.45. The van der Waals surface area contributed by atoms with Gasteiger partial charge in [0.15, 0.2) is 0 Å². The van der Waals surface area contributed by atoms with Crippen LogP contribution in [0.2, 0.25) is 0 Å². The molecule has 0 saturated carbocycles. The van der Waals surface area contributed by atoms with Crippen LogP contribution in [0, 0.1) is 0 Å². The van der Waals surface area contributed by atoms with Crippen molar-refractivity contribution in [1.82, 2.24) is 0 Å². The van der Waals surface area contributed by atoms with Crippen molar-refractivity contribution in [3.05, 3.63) is 65.2 Å². The van der Waals surface area contributed by atoms with Gasteiger partial charge >= 0.3 is 0 Å². The van der Waals surface area contributed by atoms with Crippen LogP contribution in [0.4, 0.5) is 5.69 Å². The topological polar surface area (TPSA) is 3.24 Å². The summed E-state index contributed by atoms with van der Waals surface area (Å²) in [6.07, 6.45) is 1.17. The number of hydrogen-bond acceptors (Lipinski definition) is 1. The van der Waals surface area contributed by atoms with E-state index in [9.17, 15) is 0 Å². The molecule has 0 aliphatic carbocycles. The lowest BCUT2D eigenvalue weighted by Gasteiger charge is -2.25. The summed E-state index contributed by atoms with van der Waals surface area (Å²) in [4.78, 5) is 2.53. The fraction of sp³-hybridized carbons (Fsp3) is 0.368. The third-order valence-electron chi connectivity index (χ3n) is 4.35. The zero-order valence-corrected chi connectivity index (χ0v) is 12.6. The normalized spacial score (nSPS) is 17.6. The average molecular weight is 265 g/mol. The van der Waals surface area contributed by atoms with Crippen molar-refractivity contribution in [3.63, 3.8) is 0 Å². The van der Waals surface area contributed by atoms with E-state index in [2.05, 4.69) is 74.2 Å². The van der Waals surface area contributed by atoms with Crippen LogP contribution in [0.1, 0.15) is 43.4 Å². The third-order valence-corrected chi connectivity index (χ3v) is 4.35. The lowest BCUT2D eigenvalue weighted by atomic mass is 10.0. The molecule has 0 spiro atoms. The first-order valence-corrected chi connectivity index (χ1v) is 7.58. The molecule has 1 aliphatic heterocycles. The Hall–Kier alpha value is -1.76. The van der Waals surface area contributed by atoms with Crippen molar-refractivity contribution >= 4 is 5.69 Å². The van der Waals surface area contributed by atoms with E-state index in [4.69, 9.17) is 0 Å². The van der Waals surface area contributed by atoms with Crippen molar-refractivity contribution in [2.75, 3.05) is 4.90 Å². The number of rotatable bonds is 3. The Morgan fingerprint density at radius 3 is 2.45 bits per heavy atom. The number of benzene rings is 2. The van der Waals surface area contributed by atoms with Gasteiger partial charge in [0, 0.05) is 18.3 Å². The highest BCUT2D eigenvalue weighted by atomic mass is 15.2. The first kappa shape index (κ1) is 13.2. The van der Waals surface area contributed by atoms with Gasteiger partial charge in [0.25, 0.3) is 0 Å². The second-order valence-corrected chi connectivity index (χ2v) is 6.21. The molecule has 2 aromatic carbocycles. The molecule has 1 atom stereocenters. The number of anilines is 1. The quantitative estimate of drug-likeness (QED) is 0.773. The van der Waals surface area contributed by atoms with Gasteiger partial charge in [-0.2, -0.15) is 0 Å². The Kier molecular flexibility index (Phi) is 3.52. The summed E-state index contributed by atoms with van der Waals surface area (Å²) in [5, 5.41) is 0. The van der Waals surface area contributed by atoms with Gasteiger partial charge < -0.3 is 4.90 Å². The van der Waals surface area contributed by atoms with Crippen LogP contribution in [0.3, 0.4) is 0 Å². The molecule has 1 heteroatoms. The number of para-hydroxylation sites is 1. The summed E-state index contributed by atoms with van der Waals surface area (Å²) in [5.74, 6) is 0.607. The smallest absolute Gasteiger partial charge is 0.0432 e. The summed E-state index contributed by atoms with van der Waals surface area (Å²) in [7, 11) is 0. The van der Waals surface area contributed by atoms with E-state index in [0.29, 0.717) is 12.0 Å². The highest BCUT2D eigenvalue weighted by molar-refractivity contribution is 5.59. The predicted octanol–water partition coefficient (Wildman–Crippen LogP) is 4.76. The highest BCUT2D eigenvalue weighted by Crippen LogP contribution is 2.33. The van der Waals surface area contributed by atoms with E-state index < -0.39 is 0 Å². The lowest BCUT2D eigenvalue weighted by molar-refractivity contribution is 0.672. The van der Waals surface area contributed by atoms with Crippen LogP contribution in [0.5, 0.6) is 0 Å². The van der Waals surface area contributed by atoms with Crippen LogP contribution in [0.15, 0.2) is 48.5 Å². The van der Waals surface area contributed by atoms with E-state index >= 15 is 0 Å². The maximum absolute atomic E-state index is 2.53. The van der Waals surface area contributed by atoms with E-state index in [-0.39, 0.29) is 0 Å². The molecule has 0 amide bonds. The van der Waals surface area contributed by atoms with Crippen LogP contribution in [-0.2, 0) is 13.0 Å². The van der Waals surface area contributed by atoms with Crippen molar-refractivity contribution in [3.8, 4) is 0 Å². The fourth-order valence-corrected chi connectivity index (χ4v) is 3.08. The Labute approximate surface area is 122 Å². The summed E-state index contributed by atoms with van der Waals surface area (Å²) in [5.41, 5.74) is 5.72. The highest BCUT2D eigenvalue weighted by Gasteiger charge is 2.25. The molecule has 2 aromatic rings. The van der Waals surface area contributed by atoms with Crippen LogP contribution >= 0.6 is 0 Å². The zero-order chi connectivity index (χ0) is 14.1. The SMILES string of the molecule is CC(C)c1ccc(CN2c3ccccc3CC2C)cc1. The van der Waals surface area contributed by atoms with Gasteiger partial charge in [-0.3, -0.25) is 0 Å². The molecule has 1 heterocycles. The van der Waals surface area contributed by atoms with Gasteiger partial charge in [0.2, 0.25) is 0 Å². The largest absolute Gasteiger partial charge is 0.364 e. The minimum absolute atomic E-state index is 0.595. The number of fused-ring (bicyclic) bond motifs is 1. The number of hydrogen-bond donors (Lipinski definition) is 0. The molecule has 0 aromatic heterocycles. The van der Waals surface area contributed by atoms with Crippen LogP contribution < -0.4 is 4.90 Å². The Morgan fingerprint density at radius 1 is 1.05 bits per heavy atom. The molecular weight excluding hydrogens is 242 g/mol. The molecule has 0 saturated heterocycles. The van der Waals surface area contributed by atoms with Crippen molar-refractivity contribution < 1.29 is 0 Å². The van der Waals surface area contributed by atoms with Gasteiger partial charge in [-0.25, -0.2) is 0 Å². The molecular formula is C19H23N. The molecule has 0 radical (unpaired) electrons. The molecule has 0 N–H and O–H groups in total. The van der Waals surface area contributed by atoms with Gasteiger partial charge in [0.1, 0.15) is 0 Å². The Morgan fingerprint density at radius 2 is 1.75 bits per heavy atom. The fourth-order valence-electron chi connectivity index (χ4n) is 3.08. The minimum Gasteiger partial charge on any atom is -0.364 e. The molecule has 1 aliphatic rings. The molecule has 0 fully saturated rings. The molecule has 20 heavy (non-hydrogen) atoms. The molecule has 1 unspecified atom stereocenters. The molecule has 3 rings (SSSR count). The average Bonchev–Trinajstić information content (AvgIpc) is 2.76. The standard InChI is InChI=1S/C19H23N/c1-14(2)17-10-8-16(9-11-17)13-20-15(3)12-18-6-4-5-7-19(18)20/h4-11,14-15H,12-13H2,1-3H3. The summed E-state index contributed by atoms with van der Waals surface area (Å²) >= 11 is 0.